The number of anilines is 1. The van der Waals surface area contributed by atoms with Crippen LogP contribution >= 0.6 is 0 Å². The Labute approximate surface area is 205 Å². The number of hydrogen-bond donors (Lipinski definition) is 2. The van der Waals surface area contributed by atoms with Crippen molar-refractivity contribution in [3.63, 3.8) is 0 Å². The molecule has 184 valence electrons. The van der Waals surface area contributed by atoms with Crippen molar-refractivity contribution in [2.75, 3.05) is 31.3 Å². The SMILES string of the molecule is CCC(NC(=O)C1=NCC(=O)N(c2ccc(C)cc2)N1)c1ccccc1OCC(=O)N1CCCC1. The van der Waals surface area contributed by atoms with E-state index in [0.29, 0.717) is 17.9 Å². The second kappa shape index (κ2) is 11.0. The van der Waals surface area contributed by atoms with Gasteiger partial charge in [0.25, 0.3) is 17.7 Å². The molecule has 0 saturated carbocycles. The summed E-state index contributed by atoms with van der Waals surface area (Å²) in [6.45, 7) is 5.30. The number of hydrogen-bond acceptors (Lipinski definition) is 6. The average Bonchev–Trinajstić information content (AvgIpc) is 3.42. The molecule has 35 heavy (non-hydrogen) atoms. The molecule has 0 aliphatic carbocycles. The van der Waals surface area contributed by atoms with Gasteiger partial charge in [-0.1, -0.05) is 42.8 Å². The van der Waals surface area contributed by atoms with Crippen molar-refractivity contribution in [1.29, 1.82) is 0 Å². The van der Waals surface area contributed by atoms with Crippen molar-refractivity contribution in [2.45, 2.75) is 39.2 Å². The van der Waals surface area contributed by atoms with E-state index in [2.05, 4.69) is 15.7 Å². The number of hydrazine groups is 1. The summed E-state index contributed by atoms with van der Waals surface area (Å²) in [6, 6.07) is 14.4. The van der Waals surface area contributed by atoms with Crippen LogP contribution in [0.3, 0.4) is 0 Å². The van der Waals surface area contributed by atoms with E-state index in [0.717, 1.165) is 37.1 Å². The first-order chi connectivity index (χ1) is 17.0. The molecule has 1 saturated heterocycles. The second-order valence-corrected chi connectivity index (χ2v) is 8.69. The summed E-state index contributed by atoms with van der Waals surface area (Å²) in [5, 5.41) is 4.32. The van der Waals surface area contributed by atoms with E-state index in [4.69, 9.17) is 4.74 Å². The predicted molar refractivity (Wildman–Crippen MR) is 133 cm³/mol. The van der Waals surface area contributed by atoms with E-state index in [1.165, 1.54) is 5.01 Å². The Kier molecular flexibility index (Phi) is 7.64. The maximum atomic E-state index is 13.1. The van der Waals surface area contributed by atoms with Gasteiger partial charge in [-0.25, -0.2) is 5.01 Å². The summed E-state index contributed by atoms with van der Waals surface area (Å²) >= 11 is 0. The summed E-state index contributed by atoms with van der Waals surface area (Å²) in [7, 11) is 0. The van der Waals surface area contributed by atoms with Crippen molar-refractivity contribution in [3.05, 3.63) is 59.7 Å². The lowest BCUT2D eigenvalue weighted by molar-refractivity contribution is -0.132. The van der Waals surface area contributed by atoms with Gasteiger partial charge in [0.05, 0.1) is 11.7 Å². The Morgan fingerprint density at radius 2 is 1.83 bits per heavy atom. The van der Waals surface area contributed by atoms with Crippen LogP contribution in [0, 0.1) is 6.92 Å². The minimum Gasteiger partial charge on any atom is -0.483 e. The van der Waals surface area contributed by atoms with E-state index in [1.807, 2.05) is 61.2 Å². The van der Waals surface area contributed by atoms with Gasteiger partial charge in [-0.05, 0) is 44.4 Å². The molecule has 2 aliphatic rings. The van der Waals surface area contributed by atoms with Gasteiger partial charge >= 0.3 is 0 Å². The summed E-state index contributed by atoms with van der Waals surface area (Å²) in [5.74, 6) is -0.0901. The van der Waals surface area contributed by atoms with Crippen molar-refractivity contribution in [3.8, 4) is 5.75 Å². The number of benzene rings is 2. The van der Waals surface area contributed by atoms with Crippen molar-refractivity contribution in [1.82, 2.24) is 15.6 Å². The number of ether oxygens (including phenoxy) is 1. The molecule has 9 heteroatoms. The van der Waals surface area contributed by atoms with Crippen LogP contribution in [0.25, 0.3) is 0 Å². The van der Waals surface area contributed by atoms with Gasteiger partial charge in [-0.15, -0.1) is 0 Å². The molecule has 2 aliphatic heterocycles. The lowest BCUT2D eigenvalue weighted by Crippen LogP contribution is -2.56. The van der Waals surface area contributed by atoms with Gasteiger partial charge in [-0.3, -0.25) is 24.8 Å². The third kappa shape index (κ3) is 5.79. The smallest absolute Gasteiger partial charge is 0.288 e. The third-order valence-corrected chi connectivity index (χ3v) is 6.16. The highest BCUT2D eigenvalue weighted by atomic mass is 16.5. The Morgan fingerprint density at radius 1 is 1.11 bits per heavy atom. The quantitative estimate of drug-likeness (QED) is 0.608. The molecule has 0 bridgehead atoms. The highest BCUT2D eigenvalue weighted by Crippen LogP contribution is 2.27. The molecular formula is C26H31N5O4. The molecule has 1 atom stereocenters. The van der Waals surface area contributed by atoms with E-state index in [-0.39, 0.29) is 36.8 Å². The first-order valence-corrected chi connectivity index (χ1v) is 12.0. The van der Waals surface area contributed by atoms with Crippen molar-refractivity contribution >= 4 is 29.2 Å². The number of rotatable bonds is 8. The van der Waals surface area contributed by atoms with Crippen LogP contribution in [0.15, 0.2) is 53.5 Å². The number of aryl methyl sites for hydroxylation is 1. The molecule has 3 amide bonds. The molecular weight excluding hydrogens is 446 g/mol. The molecule has 0 radical (unpaired) electrons. The summed E-state index contributed by atoms with van der Waals surface area (Å²) < 4.78 is 5.88. The lowest BCUT2D eigenvalue weighted by Gasteiger charge is -2.29. The van der Waals surface area contributed by atoms with Crippen LogP contribution in [-0.2, 0) is 14.4 Å². The van der Waals surface area contributed by atoms with Crippen LogP contribution in [0.5, 0.6) is 5.75 Å². The Balaban J connectivity index is 1.43. The number of amidine groups is 1. The molecule has 1 unspecified atom stereocenters. The Bertz CT molecular complexity index is 1110. The molecule has 0 spiro atoms. The lowest BCUT2D eigenvalue weighted by atomic mass is 10.0. The number of amides is 3. The van der Waals surface area contributed by atoms with Gasteiger partial charge < -0.3 is 15.0 Å². The zero-order valence-corrected chi connectivity index (χ0v) is 20.1. The summed E-state index contributed by atoms with van der Waals surface area (Å²) in [5.41, 5.74) is 5.33. The largest absolute Gasteiger partial charge is 0.483 e. The normalized spacial score (nSPS) is 16.4. The molecule has 1 fully saturated rings. The number of nitrogens with one attached hydrogen (secondary N) is 2. The third-order valence-electron chi connectivity index (χ3n) is 6.16. The molecule has 2 N–H and O–H groups in total. The molecule has 2 heterocycles. The van der Waals surface area contributed by atoms with Gasteiger partial charge in [0.15, 0.2) is 6.61 Å². The van der Waals surface area contributed by atoms with Crippen molar-refractivity contribution < 1.29 is 19.1 Å². The van der Waals surface area contributed by atoms with Crippen LogP contribution in [0.4, 0.5) is 5.69 Å². The monoisotopic (exact) mass is 477 g/mol. The van der Waals surface area contributed by atoms with E-state index >= 15 is 0 Å². The topological polar surface area (TPSA) is 103 Å². The first-order valence-electron chi connectivity index (χ1n) is 12.0. The highest BCUT2D eigenvalue weighted by molar-refractivity contribution is 6.39. The van der Waals surface area contributed by atoms with Crippen LogP contribution in [0.1, 0.15) is 43.4 Å². The van der Waals surface area contributed by atoms with E-state index < -0.39 is 5.91 Å². The van der Waals surface area contributed by atoms with Crippen LogP contribution in [-0.4, -0.2) is 54.7 Å². The van der Waals surface area contributed by atoms with Crippen LogP contribution in [0.2, 0.25) is 0 Å². The number of aliphatic imine (C=N–C) groups is 1. The van der Waals surface area contributed by atoms with Gasteiger partial charge in [0.2, 0.25) is 5.84 Å². The number of likely N-dealkylation sites (tertiary alicyclic amines) is 1. The van der Waals surface area contributed by atoms with Gasteiger partial charge in [0, 0.05) is 18.7 Å². The van der Waals surface area contributed by atoms with Crippen molar-refractivity contribution in [2.24, 2.45) is 4.99 Å². The Morgan fingerprint density at radius 3 is 2.54 bits per heavy atom. The average molecular weight is 478 g/mol. The zero-order valence-electron chi connectivity index (χ0n) is 20.1. The minimum atomic E-state index is -0.426. The first kappa shape index (κ1) is 24.3. The maximum Gasteiger partial charge on any atom is 0.288 e. The molecule has 0 aromatic heterocycles. The fraction of sp³-hybridized carbons (Fsp3) is 0.385. The number of nitrogens with zero attached hydrogens (tertiary/aromatic N) is 3. The number of carbonyl (C=O) groups excluding carboxylic acids is 3. The van der Waals surface area contributed by atoms with E-state index in [9.17, 15) is 14.4 Å². The second-order valence-electron chi connectivity index (χ2n) is 8.69. The molecule has 4 rings (SSSR count). The van der Waals surface area contributed by atoms with Gasteiger partial charge in [-0.2, -0.15) is 0 Å². The number of para-hydroxylation sites is 1. The Hall–Kier alpha value is -3.88. The maximum absolute atomic E-state index is 13.1. The molecule has 9 nitrogen and oxygen atoms in total. The fourth-order valence-electron chi connectivity index (χ4n) is 4.17. The fourth-order valence-corrected chi connectivity index (χ4v) is 4.17. The minimum absolute atomic E-state index is 0.0315. The predicted octanol–water partition coefficient (Wildman–Crippen LogP) is 2.51. The highest BCUT2D eigenvalue weighted by Gasteiger charge is 2.28. The van der Waals surface area contributed by atoms with Gasteiger partial charge in [0.1, 0.15) is 12.3 Å². The zero-order chi connectivity index (χ0) is 24.8. The molecule has 2 aromatic carbocycles. The molecule has 2 aromatic rings. The number of carbonyl (C=O) groups is 3. The summed E-state index contributed by atoms with van der Waals surface area (Å²) in [6.07, 6.45) is 2.65. The van der Waals surface area contributed by atoms with Crippen LogP contribution < -0.4 is 20.5 Å². The standard InChI is InChI=1S/C26H31N5O4/c1-3-21(20-8-4-5-9-22(20)35-17-24(33)30-14-6-7-15-30)28-26(34)25-27-16-23(32)31(29-25)19-12-10-18(2)11-13-19/h4-5,8-13,21H,3,6-7,14-17H2,1-2H3,(H,27,29)(H,28,34). The summed E-state index contributed by atoms with van der Waals surface area (Å²) in [4.78, 5) is 43.8. The van der Waals surface area contributed by atoms with E-state index in [1.54, 1.807) is 6.07 Å².